The Morgan fingerprint density at radius 1 is 1.60 bits per heavy atom. The SMILES string of the molecule is CCCC(N)C(=O)N1CCOC(C)(C)C1. The molecule has 1 amide bonds. The molecule has 1 heterocycles. The third kappa shape index (κ3) is 3.47. The van der Waals surface area contributed by atoms with E-state index < -0.39 is 0 Å². The summed E-state index contributed by atoms with van der Waals surface area (Å²) < 4.78 is 5.55. The van der Waals surface area contributed by atoms with E-state index in [1.807, 2.05) is 25.7 Å². The Bertz CT molecular complexity index is 229. The molecule has 4 heteroatoms. The maximum absolute atomic E-state index is 11.9. The first kappa shape index (κ1) is 12.5. The Morgan fingerprint density at radius 3 is 2.80 bits per heavy atom. The van der Waals surface area contributed by atoms with Crippen LogP contribution < -0.4 is 5.73 Å². The molecule has 1 atom stereocenters. The van der Waals surface area contributed by atoms with Crippen molar-refractivity contribution in [2.75, 3.05) is 19.7 Å². The molecule has 0 aromatic heterocycles. The normalized spacial score (nSPS) is 22.5. The number of hydrogen-bond donors (Lipinski definition) is 1. The van der Waals surface area contributed by atoms with Gasteiger partial charge < -0.3 is 15.4 Å². The number of morpholine rings is 1. The zero-order valence-electron chi connectivity index (χ0n) is 9.95. The maximum atomic E-state index is 11.9. The second-order valence-corrected chi connectivity index (χ2v) is 4.76. The minimum absolute atomic E-state index is 0.0632. The molecule has 2 N–H and O–H groups in total. The molecule has 15 heavy (non-hydrogen) atoms. The van der Waals surface area contributed by atoms with Crippen LogP contribution in [-0.2, 0) is 9.53 Å². The summed E-state index contributed by atoms with van der Waals surface area (Å²) in [5.41, 5.74) is 5.58. The van der Waals surface area contributed by atoms with Gasteiger partial charge in [-0.3, -0.25) is 4.79 Å². The van der Waals surface area contributed by atoms with Crippen LogP contribution in [-0.4, -0.2) is 42.1 Å². The van der Waals surface area contributed by atoms with E-state index in [1.165, 1.54) is 0 Å². The smallest absolute Gasteiger partial charge is 0.239 e. The van der Waals surface area contributed by atoms with Crippen LogP contribution in [0.15, 0.2) is 0 Å². The van der Waals surface area contributed by atoms with Gasteiger partial charge in [-0.15, -0.1) is 0 Å². The number of ether oxygens (including phenoxy) is 1. The standard InChI is InChI=1S/C11H22N2O2/c1-4-5-9(12)10(14)13-6-7-15-11(2,3)8-13/h9H,4-8,12H2,1-3H3. The molecule has 0 aromatic rings. The molecule has 4 nitrogen and oxygen atoms in total. The van der Waals surface area contributed by atoms with Gasteiger partial charge in [-0.05, 0) is 20.3 Å². The molecule has 1 aliphatic rings. The number of hydrogen-bond acceptors (Lipinski definition) is 3. The van der Waals surface area contributed by atoms with Crippen molar-refractivity contribution in [3.05, 3.63) is 0 Å². The van der Waals surface area contributed by atoms with E-state index in [0.29, 0.717) is 19.7 Å². The Labute approximate surface area is 91.8 Å². The topological polar surface area (TPSA) is 55.6 Å². The fourth-order valence-electron chi connectivity index (χ4n) is 1.87. The van der Waals surface area contributed by atoms with Gasteiger partial charge in [-0.2, -0.15) is 0 Å². The summed E-state index contributed by atoms with van der Waals surface area (Å²) in [4.78, 5) is 13.7. The number of nitrogens with two attached hydrogens (primary N) is 1. The van der Waals surface area contributed by atoms with Crippen LogP contribution in [0, 0.1) is 0 Å². The molecule has 1 fully saturated rings. The summed E-state index contributed by atoms with van der Waals surface area (Å²) >= 11 is 0. The first-order valence-corrected chi connectivity index (χ1v) is 5.64. The predicted octanol–water partition coefficient (Wildman–Crippen LogP) is 0.751. The number of carbonyl (C=O) groups excluding carboxylic acids is 1. The van der Waals surface area contributed by atoms with Crippen molar-refractivity contribution in [1.29, 1.82) is 0 Å². The zero-order chi connectivity index (χ0) is 11.5. The summed E-state index contributed by atoms with van der Waals surface area (Å²) in [6, 6.07) is -0.344. The predicted molar refractivity (Wildman–Crippen MR) is 59.5 cm³/mol. The molecule has 0 radical (unpaired) electrons. The van der Waals surface area contributed by atoms with Crippen LogP contribution in [0.5, 0.6) is 0 Å². The Balaban J connectivity index is 2.52. The van der Waals surface area contributed by atoms with Crippen LogP contribution >= 0.6 is 0 Å². The van der Waals surface area contributed by atoms with Crippen LogP contribution in [0.2, 0.25) is 0 Å². The van der Waals surface area contributed by atoms with E-state index in [4.69, 9.17) is 10.5 Å². The van der Waals surface area contributed by atoms with Crippen LogP contribution in [0.1, 0.15) is 33.6 Å². The third-order valence-electron chi connectivity index (χ3n) is 2.65. The van der Waals surface area contributed by atoms with Gasteiger partial charge in [0.2, 0.25) is 5.91 Å². The lowest BCUT2D eigenvalue weighted by Crippen LogP contribution is -2.54. The van der Waals surface area contributed by atoms with Crippen molar-refractivity contribution >= 4 is 5.91 Å². The number of rotatable bonds is 3. The van der Waals surface area contributed by atoms with Gasteiger partial charge in [0.05, 0.1) is 18.2 Å². The van der Waals surface area contributed by atoms with Crippen LogP contribution in [0.3, 0.4) is 0 Å². The van der Waals surface area contributed by atoms with E-state index >= 15 is 0 Å². The highest BCUT2D eigenvalue weighted by molar-refractivity contribution is 5.81. The third-order valence-corrected chi connectivity index (χ3v) is 2.65. The largest absolute Gasteiger partial charge is 0.372 e. The number of amides is 1. The molecule has 1 saturated heterocycles. The molecular formula is C11H22N2O2. The quantitative estimate of drug-likeness (QED) is 0.754. The van der Waals surface area contributed by atoms with E-state index in [-0.39, 0.29) is 17.6 Å². The molecule has 0 aliphatic carbocycles. The summed E-state index contributed by atoms with van der Waals surface area (Å²) in [6.45, 7) is 7.95. The number of nitrogens with zero attached hydrogens (tertiary/aromatic N) is 1. The molecule has 0 aromatic carbocycles. The average molecular weight is 214 g/mol. The van der Waals surface area contributed by atoms with Crippen LogP contribution in [0.4, 0.5) is 0 Å². The second kappa shape index (κ2) is 4.94. The Hall–Kier alpha value is -0.610. The summed E-state index contributed by atoms with van der Waals surface area (Å²) in [5.74, 6) is 0.0632. The monoisotopic (exact) mass is 214 g/mol. The van der Waals surface area contributed by atoms with Crippen molar-refractivity contribution in [2.45, 2.75) is 45.3 Å². The first-order chi connectivity index (χ1) is 6.96. The van der Waals surface area contributed by atoms with Gasteiger partial charge in [-0.1, -0.05) is 13.3 Å². The van der Waals surface area contributed by atoms with Gasteiger partial charge in [0.15, 0.2) is 0 Å². The zero-order valence-corrected chi connectivity index (χ0v) is 9.95. The van der Waals surface area contributed by atoms with E-state index in [2.05, 4.69) is 0 Å². The minimum atomic E-state index is -0.344. The van der Waals surface area contributed by atoms with Crippen molar-refractivity contribution in [3.63, 3.8) is 0 Å². The van der Waals surface area contributed by atoms with Gasteiger partial charge in [0, 0.05) is 13.1 Å². The summed E-state index contributed by atoms with van der Waals surface area (Å²) in [5, 5.41) is 0. The second-order valence-electron chi connectivity index (χ2n) is 4.76. The fourth-order valence-corrected chi connectivity index (χ4v) is 1.87. The molecular weight excluding hydrogens is 192 g/mol. The Kier molecular flexibility index (Phi) is 4.11. The lowest BCUT2D eigenvalue weighted by atomic mass is 10.1. The number of carbonyl (C=O) groups is 1. The van der Waals surface area contributed by atoms with E-state index in [1.54, 1.807) is 0 Å². The van der Waals surface area contributed by atoms with Gasteiger partial charge >= 0.3 is 0 Å². The van der Waals surface area contributed by atoms with Crippen molar-refractivity contribution < 1.29 is 9.53 Å². The molecule has 1 unspecified atom stereocenters. The van der Waals surface area contributed by atoms with Gasteiger partial charge in [0.25, 0.3) is 0 Å². The van der Waals surface area contributed by atoms with Crippen molar-refractivity contribution in [3.8, 4) is 0 Å². The molecule has 1 aliphatic heterocycles. The van der Waals surface area contributed by atoms with E-state index in [9.17, 15) is 4.79 Å². The van der Waals surface area contributed by atoms with E-state index in [0.717, 1.165) is 12.8 Å². The highest BCUT2D eigenvalue weighted by Gasteiger charge is 2.31. The molecule has 88 valence electrons. The van der Waals surface area contributed by atoms with Gasteiger partial charge in [-0.25, -0.2) is 0 Å². The summed E-state index contributed by atoms with van der Waals surface area (Å²) in [7, 11) is 0. The Morgan fingerprint density at radius 2 is 2.27 bits per heavy atom. The lowest BCUT2D eigenvalue weighted by Gasteiger charge is -2.39. The highest BCUT2D eigenvalue weighted by Crippen LogP contribution is 2.17. The average Bonchev–Trinajstić information content (AvgIpc) is 2.15. The lowest BCUT2D eigenvalue weighted by molar-refractivity contribution is -0.147. The summed E-state index contributed by atoms with van der Waals surface area (Å²) in [6.07, 6.45) is 1.71. The minimum Gasteiger partial charge on any atom is -0.372 e. The van der Waals surface area contributed by atoms with Crippen molar-refractivity contribution in [2.24, 2.45) is 5.73 Å². The van der Waals surface area contributed by atoms with Gasteiger partial charge in [0.1, 0.15) is 0 Å². The fraction of sp³-hybridized carbons (Fsp3) is 0.909. The molecule has 0 bridgehead atoms. The first-order valence-electron chi connectivity index (χ1n) is 5.64. The molecule has 0 spiro atoms. The van der Waals surface area contributed by atoms with Crippen molar-refractivity contribution in [1.82, 2.24) is 4.90 Å². The molecule has 0 saturated carbocycles. The van der Waals surface area contributed by atoms with Crippen LogP contribution in [0.25, 0.3) is 0 Å². The molecule has 1 rings (SSSR count). The highest BCUT2D eigenvalue weighted by atomic mass is 16.5. The maximum Gasteiger partial charge on any atom is 0.239 e.